The zero-order chi connectivity index (χ0) is 14.6. The summed E-state index contributed by atoms with van der Waals surface area (Å²) in [6.07, 6.45) is 0.105. The Labute approximate surface area is 127 Å². The van der Waals surface area contributed by atoms with E-state index >= 15 is 0 Å². The fourth-order valence-corrected chi connectivity index (χ4v) is 1.97. The van der Waals surface area contributed by atoms with Crippen molar-refractivity contribution in [3.05, 3.63) is 29.3 Å². The van der Waals surface area contributed by atoms with E-state index in [4.69, 9.17) is 5.73 Å². The van der Waals surface area contributed by atoms with Crippen LogP contribution >= 0.6 is 12.4 Å². The number of halogens is 1. The summed E-state index contributed by atoms with van der Waals surface area (Å²) in [4.78, 5) is 12.0. The predicted molar refractivity (Wildman–Crippen MR) is 85.3 cm³/mol. The van der Waals surface area contributed by atoms with E-state index in [0.717, 1.165) is 5.56 Å². The second-order valence-corrected chi connectivity index (χ2v) is 6.20. The van der Waals surface area contributed by atoms with Crippen molar-refractivity contribution in [3.63, 3.8) is 0 Å². The number of carbonyl (C=O) groups excluding carboxylic acids is 1. The molecular formula is C15H25ClN2O2. The SMILES string of the molecule is Cc1ccc(N)cc1C(=O)NCC(O)CC(C)(C)C.Cl. The minimum atomic E-state index is -0.537. The van der Waals surface area contributed by atoms with Crippen molar-refractivity contribution < 1.29 is 9.90 Å². The third kappa shape index (κ3) is 6.26. The van der Waals surface area contributed by atoms with Crippen molar-refractivity contribution in [3.8, 4) is 0 Å². The first-order valence-corrected chi connectivity index (χ1v) is 6.51. The van der Waals surface area contributed by atoms with Gasteiger partial charge in [0.2, 0.25) is 0 Å². The molecule has 0 saturated carbocycles. The summed E-state index contributed by atoms with van der Waals surface area (Å²) in [5, 5.41) is 12.6. The molecule has 4 N–H and O–H groups in total. The molecule has 0 spiro atoms. The molecule has 5 heteroatoms. The number of aliphatic hydroxyl groups is 1. The topological polar surface area (TPSA) is 75.4 Å². The van der Waals surface area contributed by atoms with Gasteiger partial charge in [-0.1, -0.05) is 26.8 Å². The van der Waals surface area contributed by atoms with Gasteiger partial charge in [-0.25, -0.2) is 0 Å². The minimum absolute atomic E-state index is 0. The van der Waals surface area contributed by atoms with Crippen LogP contribution in [0.3, 0.4) is 0 Å². The summed E-state index contributed by atoms with van der Waals surface area (Å²) >= 11 is 0. The van der Waals surface area contributed by atoms with Crippen LogP contribution in [0, 0.1) is 12.3 Å². The Morgan fingerprint density at radius 3 is 2.55 bits per heavy atom. The summed E-state index contributed by atoms with van der Waals surface area (Å²) in [7, 11) is 0. The van der Waals surface area contributed by atoms with Crippen molar-refractivity contribution >= 4 is 24.0 Å². The largest absolute Gasteiger partial charge is 0.399 e. The molecule has 0 bridgehead atoms. The van der Waals surface area contributed by atoms with Crippen LogP contribution in [0.25, 0.3) is 0 Å². The molecule has 4 nitrogen and oxygen atoms in total. The highest BCUT2D eigenvalue weighted by Gasteiger charge is 2.18. The number of aryl methyl sites for hydroxylation is 1. The van der Waals surface area contributed by atoms with Crippen LogP contribution in [0.5, 0.6) is 0 Å². The molecule has 1 aromatic carbocycles. The first-order chi connectivity index (χ1) is 8.69. The maximum Gasteiger partial charge on any atom is 0.251 e. The smallest absolute Gasteiger partial charge is 0.251 e. The average Bonchev–Trinajstić information content (AvgIpc) is 2.27. The number of carbonyl (C=O) groups is 1. The van der Waals surface area contributed by atoms with E-state index in [1.807, 2.05) is 13.0 Å². The summed E-state index contributed by atoms with van der Waals surface area (Å²) < 4.78 is 0. The van der Waals surface area contributed by atoms with E-state index in [2.05, 4.69) is 26.1 Å². The highest BCUT2D eigenvalue weighted by atomic mass is 35.5. The van der Waals surface area contributed by atoms with Gasteiger partial charge in [0.1, 0.15) is 0 Å². The van der Waals surface area contributed by atoms with Crippen molar-refractivity contribution in [1.29, 1.82) is 0 Å². The lowest BCUT2D eigenvalue weighted by Gasteiger charge is -2.22. The van der Waals surface area contributed by atoms with Gasteiger partial charge in [-0.2, -0.15) is 0 Å². The summed E-state index contributed by atoms with van der Waals surface area (Å²) in [5.74, 6) is -0.197. The molecule has 0 radical (unpaired) electrons. The lowest BCUT2D eigenvalue weighted by Crippen LogP contribution is -2.34. The number of nitrogens with one attached hydrogen (secondary N) is 1. The molecule has 1 amide bonds. The zero-order valence-electron chi connectivity index (χ0n) is 12.6. The molecule has 114 valence electrons. The van der Waals surface area contributed by atoms with Crippen molar-refractivity contribution in [2.45, 2.75) is 40.2 Å². The molecule has 1 rings (SSSR count). The van der Waals surface area contributed by atoms with E-state index in [-0.39, 0.29) is 30.3 Å². The molecule has 0 aliphatic rings. The van der Waals surface area contributed by atoms with Crippen molar-refractivity contribution in [2.75, 3.05) is 12.3 Å². The lowest BCUT2D eigenvalue weighted by atomic mass is 9.89. The summed E-state index contributed by atoms with van der Waals surface area (Å²) in [6.45, 7) is 8.28. The fraction of sp³-hybridized carbons (Fsp3) is 0.533. The minimum Gasteiger partial charge on any atom is -0.399 e. The number of aliphatic hydroxyl groups excluding tert-OH is 1. The number of hydrogen-bond acceptors (Lipinski definition) is 3. The number of nitrogens with two attached hydrogens (primary N) is 1. The first-order valence-electron chi connectivity index (χ1n) is 6.51. The Kier molecular flexibility index (Phi) is 7.03. The Balaban J connectivity index is 0.00000361. The van der Waals surface area contributed by atoms with Crippen LogP contribution in [0.15, 0.2) is 18.2 Å². The molecule has 0 aliphatic carbocycles. The number of amides is 1. The Morgan fingerprint density at radius 2 is 2.00 bits per heavy atom. The van der Waals surface area contributed by atoms with E-state index in [1.54, 1.807) is 12.1 Å². The van der Waals surface area contributed by atoms with Gasteiger partial charge in [0.05, 0.1) is 6.10 Å². The summed E-state index contributed by atoms with van der Waals surface area (Å²) in [5.41, 5.74) is 7.71. The van der Waals surface area contributed by atoms with Crippen molar-refractivity contribution in [1.82, 2.24) is 5.32 Å². The van der Waals surface area contributed by atoms with Gasteiger partial charge in [0.25, 0.3) is 5.91 Å². The third-order valence-corrected chi connectivity index (χ3v) is 2.85. The van der Waals surface area contributed by atoms with Crippen molar-refractivity contribution in [2.24, 2.45) is 5.41 Å². The van der Waals surface area contributed by atoms with E-state index in [1.165, 1.54) is 0 Å². The van der Waals surface area contributed by atoms with Gasteiger partial charge >= 0.3 is 0 Å². The molecule has 1 aromatic rings. The number of anilines is 1. The Morgan fingerprint density at radius 1 is 1.40 bits per heavy atom. The van der Waals surface area contributed by atoms with E-state index < -0.39 is 6.10 Å². The standard InChI is InChI=1S/C15H24N2O2.ClH/c1-10-5-6-11(16)7-13(10)14(19)17-9-12(18)8-15(2,3)4;/h5-7,12,18H,8-9,16H2,1-4H3,(H,17,19);1H. The van der Waals surface area contributed by atoms with E-state index in [0.29, 0.717) is 17.7 Å². The highest BCUT2D eigenvalue weighted by Crippen LogP contribution is 2.20. The van der Waals surface area contributed by atoms with Crippen LogP contribution in [-0.4, -0.2) is 23.7 Å². The first kappa shape index (κ1) is 18.7. The van der Waals surface area contributed by atoms with Gasteiger partial charge in [-0.15, -0.1) is 12.4 Å². The molecule has 0 fully saturated rings. The molecule has 0 aromatic heterocycles. The van der Waals surface area contributed by atoms with Gasteiger partial charge in [0, 0.05) is 17.8 Å². The Bertz CT molecular complexity index is 456. The van der Waals surface area contributed by atoms with Crippen LogP contribution < -0.4 is 11.1 Å². The second-order valence-electron chi connectivity index (χ2n) is 6.20. The number of hydrogen-bond donors (Lipinski definition) is 3. The normalized spacial score (nSPS) is 12.4. The Hall–Kier alpha value is -1.26. The van der Waals surface area contributed by atoms with Gasteiger partial charge in [0.15, 0.2) is 0 Å². The van der Waals surface area contributed by atoms with Crippen LogP contribution in [-0.2, 0) is 0 Å². The van der Waals surface area contributed by atoms with Gasteiger partial charge in [-0.3, -0.25) is 4.79 Å². The fourth-order valence-electron chi connectivity index (χ4n) is 1.97. The molecule has 1 unspecified atom stereocenters. The molecule has 0 saturated heterocycles. The summed E-state index contributed by atoms with van der Waals surface area (Å²) in [6, 6.07) is 5.23. The van der Waals surface area contributed by atoms with Crippen LogP contribution in [0.4, 0.5) is 5.69 Å². The van der Waals surface area contributed by atoms with Gasteiger partial charge in [-0.05, 0) is 36.5 Å². The maximum absolute atomic E-state index is 12.0. The van der Waals surface area contributed by atoms with E-state index in [9.17, 15) is 9.90 Å². The zero-order valence-corrected chi connectivity index (χ0v) is 13.4. The van der Waals surface area contributed by atoms with Crippen LogP contribution in [0.1, 0.15) is 43.1 Å². The van der Waals surface area contributed by atoms with Gasteiger partial charge < -0.3 is 16.2 Å². The lowest BCUT2D eigenvalue weighted by molar-refractivity contribution is 0.0868. The third-order valence-electron chi connectivity index (χ3n) is 2.85. The molecule has 1 atom stereocenters. The molecular weight excluding hydrogens is 276 g/mol. The van der Waals surface area contributed by atoms with Crippen LogP contribution in [0.2, 0.25) is 0 Å². The molecule has 0 aliphatic heterocycles. The maximum atomic E-state index is 12.0. The average molecular weight is 301 g/mol. The predicted octanol–water partition coefficient (Wildman–Crippen LogP) is 2.53. The monoisotopic (exact) mass is 300 g/mol. The molecule has 20 heavy (non-hydrogen) atoms. The second kappa shape index (κ2) is 7.50. The number of rotatable bonds is 4. The number of nitrogen functional groups attached to an aromatic ring is 1. The quantitative estimate of drug-likeness (QED) is 0.748. The number of benzene rings is 1. The highest BCUT2D eigenvalue weighted by molar-refractivity contribution is 5.96. The molecule has 0 heterocycles.